The van der Waals surface area contributed by atoms with E-state index in [1.807, 2.05) is 6.92 Å². The molecule has 1 atom stereocenters. The van der Waals surface area contributed by atoms with Gasteiger partial charge in [0.15, 0.2) is 18.0 Å². The van der Waals surface area contributed by atoms with Crippen LogP contribution in [0.5, 0.6) is 0 Å². The van der Waals surface area contributed by atoms with Crippen molar-refractivity contribution in [3.05, 3.63) is 46.9 Å². The SMILES string of the molecule is CCC(C)=C1CN1C.CNC(NC)OC(C)CC(=O)N1CCN(c2c(F)cc(-n3cc(CNC(=S)ON)nn3)cc2F)CC1. The fourth-order valence-corrected chi connectivity index (χ4v) is 4.74. The summed E-state index contributed by atoms with van der Waals surface area (Å²) in [6.07, 6.45) is 2.26. The van der Waals surface area contributed by atoms with Gasteiger partial charge >= 0.3 is 0 Å². The van der Waals surface area contributed by atoms with Gasteiger partial charge in [-0.25, -0.2) is 13.5 Å². The monoisotopic (exact) mass is 638 g/mol. The molecule has 0 radical (unpaired) electrons. The third-order valence-corrected chi connectivity index (χ3v) is 7.64. The van der Waals surface area contributed by atoms with Crippen LogP contribution in [-0.4, -0.2) is 102 Å². The van der Waals surface area contributed by atoms with Gasteiger partial charge in [0.2, 0.25) is 5.91 Å². The molecular weight excluding hydrogens is 594 g/mol. The molecule has 1 aromatic heterocycles. The van der Waals surface area contributed by atoms with Crippen molar-refractivity contribution in [2.45, 2.75) is 52.6 Å². The molecule has 2 fully saturated rings. The molecular formula is C28H44F2N10O3S. The molecule has 2 aliphatic heterocycles. The van der Waals surface area contributed by atoms with Crippen LogP contribution in [0.3, 0.4) is 0 Å². The molecule has 2 aromatic rings. The second-order valence-electron chi connectivity index (χ2n) is 10.6. The van der Waals surface area contributed by atoms with Crippen molar-refractivity contribution in [2.24, 2.45) is 5.90 Å². The highest BCUT2D eigenvalue weighted by atomic mass is 32.1. The number of benzene rings is 1. The second kappa shape index (κ2) is 16.6. The number of hydrogen-bond acceptors (Lipinski definition) is 11. The Bertz CT molecular complexity index is 1270. The lowest BCUT2D eigenvalue weighted by molar-refractivity contribution is -0.136. The average Bonchev–Trinajstić information content (AvgIpc) is 3.56. The molecule has 1 aromatic carbocycles. The molecule has 44 heavy (non-hydrogen) atoms. The summed E-state index contributed by atoms with van der Waals surface area (Å²) in [6.45, 7) is 8.91. The van der Waals surface area contributed by atoms with Crippen LogP contribution in [-0.2, 0) is 20.9 Å². The van der Waals surface area contributed by atoms with Crippen molar-refractivity contribution in [3.8, 4) is 5.69 Å². The summed E-state index contributed by atoms with van der Waals surface area (Å²) in [5, 5.41) is 16.4. The Balaban J connectivity index is 0.000000572. The van der Waals surface area contributed by atoms with E-state index in [2.05, 4.69) is 56.9 Å². The molecule has 0 bridgehead atoms. The minimum Gasteiger partial charge on any atom is -0.381 e. The van der Waals surface area contributed by atoms with Crippen LogP contribution in [0.4, 0.5) is 14.5 Å². The standard InChI is InChI=1S/C21H31F2N9O3S.C7H13N/c1-13(34-20(25-2)26-3)8-18(33)30-4-6-31(7-5-30)19-16(22)9-15(10-17(19)23)32-12-14(28-29-32)11-27-21(36)35-24;1-4-6(2)7-5-8(7)3/h9-10,12-13,20,25-26H,4-8,11,24H2,1-3H3,(H,27,36);4-5H2,1-3H3. The molecule has 244 valence electrons. The first-order valence-corrected chi connectivity index (χ1v) is 14.9. The molecule has 2 aliphatic rings. The first-order valence-electron chi connectivity index (χ1n) is 14.5. The number of likely N-dealkylation sites (N-methyl/N-ethyl adjacent to an activating group) is 1. The number of anilines is 1. The molecule has 2 saturated heterocycles. The Morgan fingerprint density at radius 3 is 2.27 bits per heavy atom. The normalized spacial score (nSPS) is 16.4. The van der Waals surface area contributed by atoms with E-state index in [0.29, 0.717) is 31.9 Å². The van der Waals surface area contributed by atoms with Crippen LogP contribution in [0.15, 0.2) is 29.6 Å². The van der Waals surface area contributed by atoms with Gasteiger partial charge in [0.1, 0.15) is 11.4 Å². The average molecular weight is 639 g/mol. The molecule has 0 aliphatic carbocycles. The number of hydrogen-bond donors (Lipinski definition) is 4. The topological polar surface area (TPSA) is 138 Å². The molecule has 0 saturated carbocycles. The van der Waals surface area contributed by atoms with Gasteiger partial charge in [-0.05, 0) is 46.6 Å². The van der Waals surface area contributed by atoms with Gasteiger partial charge in [-0.15, -0.1) is 5.10 Å². The highest BCUT2D eigenvalue weighted by Crippen LogP contribution is 2.28. The number of nitrogens with zero attached hydrogens (tertiary/aromatic N) is 6. The van der Waals surface area contributed by atoms with Crippen LogP contribution in [0.1, 0.15) is 39.3 Å². The van der Waals surface area contributed by atoms with E-state index in [9.17, 15) is 13.6 Å². The summed E-state index contributed by atoms with van der Waals surface area (Å²) in [5.74, 6) is 3.41. The van der Waals surface area contributed by atoms with Crippen LogP contribution < -0.4 is 26.7 Å². The number of thiocarbonyl (C=S) groups is 1. The first kappa shape index (κ1) is 35.0. The smallest absolute Gasteiger partial charge is 0.278 e. The number of piperazine rings is 1. The Hall–Kier alpha value is -3.44. The van der Waals surface area contributed by atoms with Gasteiger partial charge in [-0.1, -0.05) is 17.7 Å². The number of amides is 1. The highest BCUT2D eigenvalue weighted by molar-refractivity contribution is 7.80. The van der Waals surface area contributed by atoms with Gasteiger partial charge in [0, 0.05) is 51.1 Å². The lowest BCUT2D eigenvalue weighted by atomic mass is 10.2. The predicted octanol–water partition coefficient (Wildman–Crippen LogP) is 1.59. The van der Waals surface area contributed by atoms with E-state index in [4.69, 9.17) is 22.9 Å². The van der Waals surface area contributed by atoms with Crippen LogP contribution >= 0.6 is 12.2 Å². The van der Waals surface area contributed by atoms with Crippen molar-refractivity contribution < 1.29 is 23.1 Å². The van der Waals surface area contributed by atoms with E-state index in [-0.39, 0.29) is 47.9 Å². The fourth-order valence-electron chi connectivity index (χ4n) is 4.67. The molecule has 5 N–H and O–H groups in total. The number of allylic oxidation sites excluding steroid dienone is 1. The lowest BCUT2D eigenvalue weighted by Gasteiger charge is -2.37. The maximum Gasteiger partial charge on any atom is 0.278 e. The zero-order chi connectivity index (χ0) is 32.4. The van der Waals surface area contributed by atoms with E-state index in [1.165, 1.54) is 36.0 Å². The van der Waals surface area contributed by atoms with Crippen molar-refractivity contribution in [1.29, 1.82) is 0 Å². The molecule has 16 heteroatoms. The van der Waals surface area contributed by atoms with E-state index < -0.39 is 11.6 Å². The third-order valence-electron chi connectivity index (χ3n) is 7.40. The Labute approximate surface area is 262 Å². The fraction of sp³-hybridized carbons (Fsp3) is 0.571. The van der Waals surface area contributed by atoms with Crippen LogP contribution in [0.2, 0.25) is 0 Å². The minimum absolute atomic E-state index is 0.0214. The van der Waals surface area contributed by atoms with Gasteiger partial charge < -0.3 is 29.6 Å². The largest absolute Gasteiger partial charge is 0.381 e. The quantitative estimate of drug-likeness (QED) is 0.123. The third kappa shape index (κ3) is 9.79. The maximum atomic E-state index is 15.0. The molecule has 13 nitrogen and oxygen atoms in total. The molecule has 0 spiro atoms. The summed E-state index contributed by atoms with van der Waals surface area (Å²) in [5.41, 5.74) is 3.60. The van der Waals surface area contributed by atoms with Gasteiger partial charge in [0.25, 0.3) is 5.17 Å². The van der Waals surface area contributed by atoms with Gasteiger partial charge in [0.05, 0.1) is 37.5 Å². The molecule has 4 rings (SSSR count). The first-order chi connectivity index (χ1) is 21.0. The zero-order valence-corrected chi connectivity index (χ0v) is 27.0. The number of rotatable bonds is 11. The number of nitrogens with one attached hydrogen (secondary N) is 3. The van der Waals surface area contributed by atoms with Crippen LogP contribution in [0, 0.1) is 11.6 Å². The predicted molar refractivity (Wildman–Crippen MR) is 167 cm³/mol. The number of aromatic nitrogens is 3. The van der Waals surface area contributed by atoms with E-state index in [1.54, 1.807) is 35.2 Å². The van der Waals surface area contributed by atoms with Crippen molar-refractivity contribution in [2.75, 3.05) is 58.8 Å². The van der Waals surface area contributed by atoms with E-state index >= 15 is 0 Å². The second-order valence-corrected chi connectivity index (χ2v) is 11.0. The number of carbonyl (C=O) groups excluding carboxylic acids is 1. The summed E-state index contributed by atoms with van der Waals surface area (Å²) < 4.78 is 36.9. The number of nitrogens with two attached hydrogens (primary N) is 1. The molecule has 1 amide bonds. The van der Waals surface area contributed by atoms with Crippen molar-refractivity contribution >= 4 is 29.0 Å². The summed E-state index contributed by atoms with van der Waals surface area (Å²) >= 11 is 4.78. The Kier molecular flexibility index (Phi) is 13.2. The Morgan fingerprint density at radius 2 is 1.77 bits per heavy atom. The summed E-state index contributed by atoms with van der Waals surface area (Å²) in [6, 6.07) is 2.38. The number of ether oxygens (including phenoxy) is 1. The van der Waals surface area contributed by atoms with Crippen molar-refractivity contribution in [3.63, 3.8) is 0 Å². The number of carbonyl (C=O) groups is 1. The maximum absolute atomic E-state index is 15.0. The van der Waals surface area contributed by atoms with Gasteiger partial charge in [-0.3, -0.25) is 15.4 Å². The lowest BCUT2D eigenvalue weighted by Crippen LogP contribution is -2.50. The number of halogens is 2. The molecule has 1 unspecified atom stereocenters. The zero-order valence-electron chi connectivity index (χ0n) is 26.2. The Morgan fingerprint density at radius 1 is 1.16 bits per heavy atom. The molecule has 3 heterocycles. The highest BCUT2D eigenvalue weighted by Gasteiger charge is 2.27. The van der Waals surface area contributed by atoms with Crippen molar-refractivity contribution in [1.82, 2.24) is 40.7 Å². The van der Waals surface area contributed by atoms with E-state index in [0.717, 1.165) is 0 Å². The van der Waals surface area contributed by atoms with Crippen LogP contribution in [0.25, 0.3) is 5.69 Å². The van der Waals surface area contributed by atoms with Gasteiger partial charge in [-0.2, -0.15) is 5.90 Å². The summed E-state index contributed by atoms with van der Waals surface area (Å²) in [7, 11) is 5.63. The summed E-state index contributed by atoms with van der Waals surface area (Å²) in [4.78, 5) is 22.6. The minimum atomic E-state index is -0.732.